The van der Waals surface area contributed by atoms with Crippen LogP contribution in [0.5, 0.6) is 0 Å². The Bertz CT molecular complexity index is 1010. The molecule has 1 amide bonds. The lowest BCUT2D eigenvalue weighted by Crippen LogP contribution is -2.47. The maximum Gasteiger partial charge on any atom is 0.241 e. The van der Waals surface area contributed by atoms with Crippen LogP contribution in [0.4, 0.5) is 0 Å². The summed E-state index contributed by atoms with van der Waals surface area (Å²) in [6, 6.07) is 14.7. The Labute approximate surface area is 152 Å². The third-order valence-electron chi connectivity index (χ3n) is 5.04. The highest BCUT2D eigenvalue weighted by Gasteiger charge is 2.25. The van der Waals surface area contributed by atoms with Gasteiger partial charge in [0.25, 0.3) is 0 Å². The van der Waals surface area contributed by atoms with E-state index in [9.17, 15) is 9.59 Å². The number of para-hydroxylation sites is 2. The number of nitrogens with one attached hydrogen (secondary N) is 1. The van der Waals surface area contributed by atoms with Crippen molar-refractivity contribution in [2.24, 2.45) is 0 Å². The number of amides is 1. The molecule has 0 bridgehead atoms. The van der Waals surface area contributed by atoms with Gasteiger partial charge in [0.05, 0.1) is 11.0 Å². The predicted molar refractivity (Wildman–Crippen MR) is 106 cm³/mol. The van der Waals surface area contributed by atoms with Crippen molar-refractivity contribution in [2.45, 2.75) is 38.8 Å². The molecule has 0 aliphatic heterocycles. The Morgan fingerprint density at radius 1 is 1.04 bits per heavy atom. The number of carbonyl (C=O) groups excluding carboxylic acids is 1. The van der Waals surface area contributed by atoms with Crippen LogP contribution in [0.25, 0.3) is 21.8 Å². The SMILES string of the molecule is C#CC(CC)(CC)NC(=O)Cn1c2ccccc2c(=O)c2ccccc21. The first-order chi connectivity index (χ1) is 12.5. The average molecular weight is 346 g/mol. The first kappa shape index (κ1) is 17.8. The van der Waals surface area contributed by atoms with Crippen LogP contribution >= 0.6 is 0 Å². The Balaban J connectivity index is 2.12. The fourth-order valence-corrected chi connectivity index (χ4v) is 3.36. The van der Waals surface area contributed by atoms with E-state index in [1.165, 1.54) is 0 Å². The second-order valence-corrected chi connectivity index (χ2v) is 6.43. The molecule has 0 radical (unpaired) electrons. The predicted octanol–water partition coefficient (Wildman–Crippen LogP) is 3.46. The number of carbonyl (C=O) groups is 1. The first-order valence-corrected chi connectivity index (χ1v) is 8.84. The van der Waals surface area contributed by atoms with Crippen molar-refractivity contribution in [2.75, 3.05) is 0 Å². The summed E-state index contributed by atoms with van der Waals surface area (Å²) in [5, 5.41) is 4.21. The fraction of sp³-hybridized carbons (Fsp3) is 0.273. The van der Waals surface area contributed by atoms with Gasteiger partial charge in [-0.25, -0.2) is 0 Å². The maximum absolute atomic E-state index is 12.8. The molecular weight excluding hydrogens is 324 g/mol. The van der Waals surface area contributed by atoms with E-state index in [1.807, 2.05) is 54.8 Å². The number of fused-ring (bicyclic) bond motifs is 2. The van der Waals surface area contributed by atoms with E-state index in [2.05, 4.69) is 11.2 Å². The van der Waals surface area contributed by atoms with Crippen LogP contribution in [-0.4, -0.2) is 16.0 Å². The molecule has 26 heavy (non-hydrogen) atoms. The van der Waals surface area contributed by atoms with Crippen molar-refractivity contribution in [1.82, 2.24) is 9.88 Å². The minimum Gasteiger partial charge on any atom is -0.338 e. The van der Waals surface area contributed by atoms with Gasteiger partial charge in [-0.15, -0.1) is 6.42 Å². The average Bonchev–Trinajstić information content (AvgIpc) is 2.69. The molecule has 3 aromatic rings. The minimum absolute atomic E-state index is 0.0204. The smallest absolute Gasteiger partial charge is 0.241 e. The van der Waals surface area contributed by atoms with Gasteiger partial charge in [-0.1, -0.05) is 44.0 Å². The van der Waals surface area contributed by atoms with E-state index in [0.29, 0.717) is 23.6 Å². The molecular formula is C22H22N2O2. The number of pyridine rings is 1. The molecule has 0 aliphatic carbocycles. The Hall–Kier alpha value is -3.06. The van der Waals surface area contributed by atoms with Crippen LogP contribution < -0.4 is 10.7 Å². The number of hydrogen-bond acceptors (Lipinski definition) is 2. The Morgan fingerprint density at radius 3 is 2.00 bits per heavy atom. The highest BCUT2D eigenvalue weighted by Crippen LogP contribution is 2.20. The topological polar surface area (TPSA) is 51.1 Å². The van der Waals surface area contributed by atoms with Crippen LogP contribution in [0, 0.1) is 12.3 Å². The highest BCUT2D eigenvalue weighted by molar-refractivity contribution is 5.94. The van der Waals surface area contributed by atoms with Gasteiger partial charge >= 0.3 is 0 Å². The number of hydrogen-bond donors (Lipinski definition) is 1. The molecule has 0 saturated carbocycles. The Kier molecular flexibility index (Phi) is 4.81. The molecule has 1 N–H and O–H groups in total. The summed E-state index contributed by atoms with van der Waals surface area (Å²) >= 11 is 0. The second kappa shape index (κ2) is 7.05. The largest absolute Gasteiger partial charge is 0.338 e. The van der Waals surface area contributed by atoms with Gasteiger partial charge in [0.2, 0.25) is 5.91 Å². The summed E-state index contributed by atoms with van der Waals surface area (Å²) in [4.78, 5) is 25.5. The van der Waals surface area contributed by atoms with Gasteiger partial charge in [-0.05, 0) is 37.1 Å². The van der Waals surface area contributed by atoms with Crippen molar-refractivity contribution in [1.29, 1.82) is 0 Å². The fourth-order valence-electron chi connectivity index (χ4n) is 3.36. The zero-order chi connectivity index (χ0) is 18.7. The summed E-state index contributed by atoms with van der Waals surface area (Å²) in [5.41, 5.74) is 0.825. The van der Waals surface area contributed by atoms with Gasteiger partial charge in [-0.2, -0.15) is 0 Å². The standard InChI is InChI=1S/C22H22N2O2/c1-4-22(5-2,6-3)23-20(25)15-24-18-13-9-7-11-16(18)21(26)17-12-8-10-14-19(17)24/h1,7-14H,5-6,15H2,2-3H3,(H,23,25). The summed E-state index contributed by atoms with van der Waals surface area (Å²) in [5.74, 6) is 2.56. The third-order valence-corrected chi connectivity index (χ3v) is 5.04. The molecule has 3 rings (SSSR count). The maximum atomic E-state index is 12.8. The van der Waals surface area contributed by atoms with Gasteiger partial charge in [0, 0.05) is 10.8 Å². The lowest BCUT2D eigenvalue weighted by molar-refractivity contribution is -0.123. The Morgan fingerprint density at radius 2 is 1.54 bits per heavy atom. The zero-order valence-corrected chi connectivity index (χ0v) is 15.1. The summed E-state index contributed by atoms with van der Waals surface area (Å²) in [6.07, 6.45) is 6.99. The molecule has 0 aliphatic rings. The molecule has 0 spiro atoms. The van der Waals surface area contributed by atoms with Crippen LogP contribution in [0.2, 0.25) is 0 Å². The van der Waals surface area contributed by atoms with E-state index < -0.39 is 5.54 Å². The van der Waals surface area contributed by atoms with E-state index in [1.54, 1.807) is 12.1 Å². The van der Waals surface area contributed by atoms with Crippen LogP contribution in [0.3, 0.4) is 0 Å². The molecule has 0 unspecified atom stereocenters. The van der Waals surface area contributed by atoms with Crippen molar-refractivity contribution in [3.05, 3.63) is 58.8 Å². The minimum atomic E-state index is -0.637. The number of terminal acetylenes is 1. The normalized spacial score (nSPS) is 11.4. The third kappa shape index (κ3) is 2.97. The number of rotatable bonds is 5. The molecule has 1 aromatic heterocycles. The van der Waals surface area contributed by atoms with Gasteiger partial charge in [0.15, 0.2) is 5.43 Å². The lowest BCUT2D eigenvalue weighted by Gasteiger charge is -2.27. The van der Waals surface area contributed by atoms with Crippen LogP contribution in [0.1, 0.15) is 26.7 Å². The van der Waals surface area contributed by atoms with Crippen molar-refractivity contribution in [3.8, 4) is 12.3 Å². The molecule has 132 valence electrons. The van der Waals surface area contributed by atoms with E-state index in [0.717, 1.165) is 11.0 Å². The molecule has 0 fully saturated rings. The summed E-state index contributed by atoms with van der Waals surface area (Å²) < 4.78 is 1.88. The van der Waals surface area contributed by atoms with Crippen molar-refractivity contribution < 1.29 is 4.79 Å². The summed E-state index contributed by atoms with van der Waals surface area (Å²) in [7, 11) is 0. The summed E-state index contributed by atoms with van der Waals surface area (Å²) in [6.45, 7) is 4.03. The van der Waals surface area contributed by atoms with Gasteiger partial charge in [0.1, 0.15) is 12.1 Å². The zero-order valence-electron chi connectivity index (χ0n) is 15.1. The number of nitrogens with zero attached hydrogens (tertiary/aromatic N) is 1. The molecule has 1 heterocycles. The van der Waals surface area contributed by atoms with Crippen molar-refractivity contribution in [3.63, 3.8) is 0 Å². The molecule has 0 atom stereocenters. The number of benzene rings is 2. The molecule has 4 nitrogen and oxygen atoms in total. The number of aromatic nitrogens is 1. The molecule has 2 aromatic carbocycles. The second-order valence-electron chi connectivity index (χ2n) is 6.43. The van der Waals surface area contributed by atoms with E-state index >= 15 is 0 Å². The van der Waals surface area contributed by atoms with E-state index in [4.69, 9.17) is 6.42 Å². The molecule has 4 heteroatoms. The monoisotopic (exact) mass is 346 g/mol. The lowest BCUT2D eigenvalue weighted by atomic mass is 9.94. The van der Waals surface area contributed by atoms with Crippen molar-refractivity contribution >= 4 is 27.7 Å². The van der Waals surface area contributed by atoms with Gasteiger partial charge in [-0.3, -0.25) is 9.59 Å². The quantitative estimate of drug-likeness (QED) is 0.568. The van der Waals surface area contributed by atoms with Crippen LogP contribution in [0.15, 0.2) is 53.3 Å². The molecule has 0 saturated heterocycles. The highest BCUT2D eigenvalue weighted by atomic mass is 16.2. The van der Waals surface area contributed by atoms with Crippen LogP contribution in [-0.2, 0) is 11.3 Å². The van der Waals surface area contributed by atoms with Gasteiger partial charge < -0.3 is 9.88 Å². The van der Waals surface area contributed by atoms with E-state index in [-0.39, 0.29) is 17.9 Å². The first-order valence-electron chi connectivity index (χ1n) is 8.84.